The summed E-state index contributed by atoms with van der Waals surface area (Å²) in [5, 5.41) is 11.4. The Morgan fingerprint density at radius 1 is 1.17 bits per heavy atom. The number of guanidine groups is 1. The molecule has 2 aromatic rings. The van der Waals surface area contributed by atoms with Crippen LogP contribution in [0.1, 0.15) is 17.4 Å². The van der Waals surface area contributed by atoms with Gasteiger partial charge >= 0.3 is 0 Å². The van der Waals surface area contributed by atoms with E-state index in [0.29, 0.717) is 6.54 Å². The van der Waals surface area contributed by atoms with Crippen LogP contribution in [0.2, 0.25) is 0 Å². The van der Waals surface area contributed by atoms with Crippen LogP contribution in [-0.2, 0) is 17.9 Å². The van der Waals surface area contributed by atoms with Gasteiger partial charge in [-0.2, -0.15) is 0 Å². The number of carbonyl (C=O) groups excluding carboxylic acids is 1. The summed E-state index contributed by atoms with van der Waals surface area (Å²) in [6.07, 6.45) is 0. The predicted molar refractivity (Wildman–Crippen MR) is 108 cm³/mol. The molecule has 5 nitrogen and oxygen atoms in total. The average Bonchev–Trinajstić information content (AvgIpc) is 3.00. The van der Waals surface area contributed by atoms with Gasteiger partial charge in [0.05, 0.1) is 6.54 Å². The van der Waals surface area contributed by atoms with E-state index in [1.165, 1.54) is 11.8 Å². The van der Waals surface area contributed by atoms with Gasteiger partial charge < -0.3 is 16.0 Å². The zero-order chi connectivity index (χ0) is 15.8. The molecule has 0 aliphatic carbocycles. The number of halogens is 1. The first-order chi connectivity index (χ1) is 10.7. The molecule has 1 aromatic carbocycles. The molecule has 1 aromatic heterocycles. The number of amides is 1. The Balaban J connectivity index is 0.00000264. The lowest BCUT2D eigenvalue weighted by Crippen LogP contribution is -2.36. The Morgan fingerprint density at radius 2 is 1.96 bits per heavy atom. The maximum atomic E-state index is 11.1. The summed E-state index contributed by atoms with van der Waals surface area (Å²) in [4.78, 5) is 16.5. The van der Waals surface area contributed by atoms with E-state index in [2.05, 4.69) is 32.4 Å². The van der Waals surface area contributed by atoms with Crippen LogP contribution < -0.4 is 16.0 Å². The topological polar surface area (TPSA) is 65.5 Å². The van der Waals surface area contributed by atoms with Gasteiger partial charge in [0.25, 0.3) is 0 Å². The Kier molecular flexibility index (Phi) is 8.64. The van der Waals surface area contributed by atoms with Gasteiger partial charge in [-0.1, -0.05) is 18.2 Å². The zero-order valence-electron chi connectivity index (χ0n) is 13.1. The summed E-state index contributed by atoms with van der Waals surface area (Å²) in [5.41, 5.74) is 1.87. The van der Waals surface area contributed by atoms with Crippen molar-refractivity contribution in [2.75, 3.05) is 12.4 Å². The standard InChI is InChI=1S/C16H20N4OS.HI/c1-12(21)20-14-6-3-5-13(9-14)10-18-16(17-2)19-11-15-7-4-8-22-15;/h3-9H,10-11H2,1-2H3,(H,20,21)(H2,17,18,19);1H. The third kappa shape index (κ3) is 7.00. The number of hydrogen-bond donors (Lipinski definition) is 3. The van der Waals surface area contributed by atoms with Crippen LogP contribution >= 0.6 is 35.3 Å². The van der Waals surface area contributed by atoms with Gasteiger partial charge in [-0.3, -0.25) is 9.79 Å². The molecule has 124 valence electrons. The second kappa shape index (κ2) is 10.2. The molecular weight excluding hydrogens is 423 g/mol. The zero-order valence-corrected chi connectivity index (χ0v) is 16.3. The molecular formula is C16H21IN4OS. The van der Waals surface area contributed by atoms with Gasteiger partial charge in [0, 0.05) is 31.1 Å². The Morgan fingerprint density at radius 3 is 2.61 bits per heavy atom. The molecule has 0 saturated heterocycles. The van der Waals surface area contributed by atoms with Gasteiger partial charge in [0.15, 0.2) is 5.96 Å². The molecule has 0 atom stereocenters. The van der Waals surface area contributed by atoms with E-state index in [4.69, 9.17) is 0 Å². The lowest BCUT2D eigenvalue weighted by atomic mass is 10.2. The molecule has 3 N–H and O–H groups in total. The lowest BCUT2D eigenvalue weighted by molar-refractivity contribution is -0.114. The van der Waals surface area contributed by atoms with E-state index in [1.807, 2.05) is 30.3 Å². The first kappa shape index (κ1) is 19.4. The Labute approximate surface area is 157 Å². The summed E-state index contributed by atoms with van der Waals surface area (Å²) in [6, 6.07) is 11.9. The minimum atomic E-state index is -0.0708. The van der Waals surface area contributed by atoms with Crippen LogP contribution in [0.4, 0.5) is 5.69 Å². The minimum Gasteiger partial charge on any atom is -0.352 e. The fourth-order valence-electron chi connectivity index (χ4n) is 1.95. The normalized spacial score (nSPS) is 10.6. The van der Waals surface area contributed by atoms with Crippen LogP contribution in [0.5, 0.6) is 0 Å². The molecule has 1 amide bonds. The van der Waals surface area contributed by atoms with Gasteiger partial charge in [-0.05, 0) is 29.1 Å². The van der Waals surface area contributed by atoms with Crippen molar-refractivity contribution in [2.24, 2.45) is 4.99 Å². The van der Waals surface area contributed by atoms with E-state index in [0.717, 1.165) is 23.8 Å². The predicted octanol–water partition coefficient (Wildman–Crippen LogP) is 3.19. The van der Waals surface area contributed by atoms with Crippen molar-refractivity contribution in [3.05, 3.63) is 52.2 Å². The monoisotopic (exact) mass is 444 g/mol. The van der Waals surface area contributed by atoms with Gasteiger partial charge in [-0.25, -0.2) is 0 Å². The molecule has 0 bridgehead atoms. The summed E-state index contributed by atoms with van der Waals surface area (Å²) < 4.78 is 0. The number of carbonyl (C=O) groups is 1. The summed E-state index contributed by atoms with van der Waals surface area (Å²) in [6.45, 7) is 2.89. The molecule has 0 saturated carbocycles. The van der Waals surface area contributed by atoms with Crippen molar-refractivity contribution < 1.29 is 4.79 Å². The number of anilines is 1. The van der Waals surface area contributed by atoms with Gasteiger partial charge in [0.1, 0.15) is 0 Å². The molecule has 7 heteroatoms. The number of nitrogens with zero attached hydrogens (tertiary/aromatic N) is 1. The van der Waals surface area contributed by atoms with E-state index in [-0.39, 0.29) is 29.9 Å². The lowest BCUT2D eigenvalue weighted by Gasteiger charge is -2.12. The van der Waals surface area contributed by atoms with Crippen molar-refractivity contribution in [1.29, 1.82) is 0 Å². The number of hydrogen-bond acceptors (Lipinski definition) is 3. The van der Waals surface area contributed by atoms with Gasteiger partial charge in [-0.15, -0.1) is 35.3 Å². The van der Waals surface area contributed by atoms with Crippen LogP contribution in [0, 0.1) is 0 Å². The van der Waals surface area contributed by atoms with E-state index >= 15 is 0 Å². The van der Waals surface area contributed by atoms with Crippen LogP contribution in [0.15, 0.2) is 46.8 Å². The average molecular weight is 444 g/mol. The quantitative estimate of drug-likeness (QED) is 0.377. The second-order valence-corrected chi connectivity index (χ2v) is 5.77. The smallest absolute Gasteiger partial charge is 0.221 e. The summed E-state index contributed by atoms with van der Waals surface area (Å²) in [5.74, 6) is 0.678. The third-order valence-corrected chi connectivity index (χ3v) is 3.82. The van der Waals surface area contributed by atoms with Crippen LogP contribution in [-0.4, -0.2) is 18.9 Å². The molecule has 0 spiro atoms. The number of rotatable bonds is 5. The highest BCUT2D eigenvalue weighted by Gasteiger charge is 2.01. The minimum absolute atomic E-state index is 0. The van der Waals surface area contributed by atoms with Crippen molar-refractivity contribution in [3.63, 3.8) is 0 Å². The van der Waals surface area contributed by atoms with Crippen molar-refractivity contribution in [1.82, 2.24) is 10.6 Å². The van der Waals surface area contributed by atoms with Crippen molar-refractivity contribution in [2.45, 2.75) is 20.0 Å². The Bertz CT molecular complexity index is 643. The molecule has 0 aliphatic rings. The number of thiophene rings is 1. The fourth-order valence-corrected chi connectivity index (χ4v) is 2.60. The Hall–Kier alpha value is -1.61. The van der Waals surface area contributed by atoms with Crippen molar-refractivity contribution in [3.8, 4) is 0 Å². The molecule has 1 heterocycles. The molecule has 0 aliphatic heterocycles. The largest absolute Gasteiger partial charge is 0.352 e. The first-order valence-electron chi connectivity index (χ1n) is 7.01. The number of benzene rings is 1. The van der Waals surface area contributed by atoms with Gasteiger partial charge in [0.2, 0.25) is 5.91 Å². The van der Waals surface area contributed by atoms with Crippen LogP contribution in [0.3, 0.4) is 0 Å². The highest BCUT2D eigenvalue weighted by atomic mass is 127. The van der Waals surface area contributed by atoms with Crippen LogP contribution in [0.25, 0.3) is 0 Å². The maximum Gasteiger partial charge on any atom is 0.221 e. The van der Waals surface area contributed by atoms with Crippen molar-refractivity contribution >= 4 is 52.9 Å². The number of aliphatic imine (C=N–C) groups is 1. The highest BCUT2D eigenvalue weighted by molar-refractivity contribution is 14.0. The maximum absolute atomic E-state index is 11.1. The van der Waals surface area contributed by atoms with E-state index in [1.54, 1.807) is 18.4 Å². The highest BCUT2D eigenvalue weighted by Crippen LogP contribution is 2.10. The molecule has 0 unspecified atom stereocenters. The molecule has 0 radical (unpaired) electrons. The fraction of sp³-hybridized carbons (Fsp3) is 0.250. The molecule has 23 heavy (non-hydrogen) atoms. The summed E-state index contributed by atoms with van der Waals surface area (Å²) >= 11 is 1.71. The van der Waals surface area contributed by atoms with E-state index in [9.17, 15) is 4.79 Å². The van der Waals surface area contributed by atoms with E-state index < -0.39 is 0 Å². The summed E-state index contributed by atoms with van der Waals surface area (Å²) in [7, 11) is 1.75. The molecule has 0 fully saturated rings. The number of nitrogens with one attached hydrogen (secondary N) is 3. The second-order valence-electron chi connectivity index (χ2n) is 4.74. The first-order valence-corrected chi connectivity index (χ1v) is 7.89. The third-order valence-electron chi connectivity index (χ3n) is 2.94. The molecule has 2 rings (SSSR count). The SMILES string of the molecule is CN=C(NCc1cccc(NC(C)=O)c1)NCc1cccs1.I.